The molecule has 0 saturated heterocycles. The van der Waals surface area contributed by atoms with Gasteiger partial charge in [0.15, 0.2) is 0 Å². The lowest BCUT2D eigenvalue weighted by Gasteiger charge is -2.21. The molecule has 48 heavy (non-hydrogen) atoms. The molecule has 0 fully saturated rings. The van der Waals surface area contributed by atoms with E-state index in [9.17, 15) is 0 Å². The van der Waals surface area contributed by atoms with Gasteiger partial charge in [-0.2, -0.15) is 0 Å². The Labute approximate surface area is 278 Å². The Bertz CT molecular complexity index is 3000. The fourth-order valence-electron chi connectivity index (χ4n) is 8.64. The van der Waals surface area contributed by atoms with E-state index in [1.807, 2.05) is 0 Å². The van der Waals surface area contributed by atoms with Crippen LogP contribution in [0.15, 0.2) is 170 Å². The van der Waals surface area contributed by atoms with Crippen LogP contribution >= 0.6 is 0 Å². The first-order valence-electron chi connectivity index (χ1n) is 16.8. The van der Waals surface area contributed by atoms with Gasteiger partial charge in [0.05, 0.1) is 0 Å². The van der Waals surface area contributed by atoms with E-state index >= 15 is 0 Å². The zero-order chi connectivity index (χ0) is 31.3. The van der Waals surface area contributed by atoms with Crippen LogP contribution < -0.4 is 0 Å². The summed E-state index contributed by atoms with van der Waals surface area (Å²) in [5.74, 6) is 0. The second-order valence-corrected chi connectivity index (χ2v) is 13.2. The molecule has 1 aliphatic carbocycles. The highest BCUT2D eigenvalue weighted by Crippen LogP contribution is 2.59. The average Bonchev–Trinajstić information content (AvgIpc) is 3.47. The fraction of sp³-hybridized carbons (Fsp3) is 0. The maximum absolute atomic E-state index is 2.50. The van der Waals surface area contributed by atoms with Gasteiger partial charge < -0.3 is 0 Å². The summed E-state index contributed by atoms with van der Waals surface area (Å²) in [6.07, 6.45) is 0. The molecule has 0 amide bonds. The van der Waals surface area contributed by atoms with Crippen LogP contribution in [0.5, 0.6) is 0 Å². The SMILES string of the molecule is c1ccc2cc(-c3c4c(c(-c5ccc6ccccc6c5)c5ccccc35)-c3cc5c6ccccc6ccc5c5cccc-4c35)ccc2c1. The van der Waals surface area contributed by atoms with Crippen LogP contribution in [0.1, 0.15) is 0 Å². The highest BCUT2D eigenvalue weighted by atomic mass is 14.3. The van der Waals surface area contributed by atoms with E-state index in [1.54, 1.807) is 0 Å². The minimum Gasteiger partial charge on any atom is -0.0616 e. The van der Waals surface area contributed by atoms with Gasteiger partial charge in [0.1, 0.15) is 0 Å². The van der Waals surface area contributed by atoms with Crippen molar-refractivity contribution in [2.45, 2.75) is 0 Å². The summed E-state index contributed by atoms with van der Waals surface area (Å²) < 4.78 is 0. The molecular weight excluding hydrogens is 577 g/mol. The highest BCUT2D eigenvalue weighted by molar-refractivity contribution is 6.32. The first-order valence-corrected chi connectivity index (χ1v) is 16.8. The van der Waals surface area contributed by atoms with Crippen LogP contribution in [0.4, 0.5) is 0 Å². The van der Waals surface area contributed by atoms with Gasteiger partial charge in [0.25, 0.3) is 0 Å². The monoisotopic (exact) mass is 604 g/mol. The quantitative estimate of drug-likeness (QED) is 0.172. The Kier molecular flexibility index (Phi) is 5.20. The maximum Gasteiger partial charge on any atom is -0.000719 e. The van der Waals surface area contributed by atoms with Crippen molar-refractivity contribution in [2.24, 2.45) is 0 Å². The van der Waals surface area contributed by atoms with E-state index in [0.717, 1.165) is 0 Å². The number of fused-ring (bicyclic) bond motifs is 10. The summed E-state index contributed by atoms with van der Waals surface area (Å²) in [6, 6.07) is 63.4. The van der Waals surface area contributed by atoms with Crippen molar-refractivity contribution in [2.75, 3.05) is 0 Å². The van der Waals surface area contributed by atoms with Gasteiger partial charge in [-0.1, -0.05) is 152 Å². The van der Waals surface area contributed by atoms with Crippen molar-refractivity contribution >= 4 is 64.6 Å². The topological polar surface area (TPSA) is 0 Å². The van der Waals surface area contributed by atoms with Crippen LogP contribution in [0.25, 0.3) is 109 Å². The summed E-state index contributed by atoms with van der Waals surface area (Å²) in [7, 11) is 0. The molecule has 0 N–H and O–H groups in total. The molecule has 0 radical (unpaired) electrons. The smallest absolute Gasteiger partial charge is 0.000719 e. The molecule has 0 aromatic heterocycles. The fourth-order valence-corrected chi connectivity index (χ4v) is 8.64. The third-order valence-corrected chi connectivity index (χ3v) is 10.7. The molecule has 1 aliphatic rings. The van der Waals surface area contributed by atoms with E-state index in [1.165, 1.54) is 109 Å². The Hall–Kier alpha value is -6.24. The van der Waals surface area contributed by atoms with Crippen molar-refractivity contribution < 1.29 is 0 Å². The number of hydrogen-bond acceptors (Lipinski definition) is 0. The third-order valence-electron chi connectivity index (χ3n) is 10.7. The lowest BCUT2D eigenvalue weighted by Crippen LogP contribution is -1.94. The molecule has 220 valence electrons. The molecule has 0 bridgehead atoms. The van der Waals surface area contributed by atoms with E-state index < -0.39 is 0 Å². The first kappa shape index (κ1) is 25.9. The van der Waals surface area contributed by atoms with Gasteiger partial charge >= 0.3 is 0 Å². The molecule has 11 rings (SSSR count). The average molecular weight is 605 g/mol. The second-order valence-electron chi connectivity index (χ2n) is 13.2. The van der Waals surface area contributed by atoms with E-state index in [4.69, 9.17) is 0 Å². The Morgan fingerprint density at radius 1 is 0.229 bits per heavy atom. The molecular formula is C48H28. The van der Waals surface area contributed by atoms with Crippen LogP contribution in [-0.4, -0.2) is 0 Å². The van der Waals surface area contributed by atoms with E-state index in [-0.39, 0.29) is 0 Å². The van der Waals surface area contributed by atoms with Crippen LogP contribution in [-0.2, 0) is 0 Å². The lowest BCUT2D eigenvalue weighted by molar-refractivity contribution is 1.65. The van der Waals surface area contributed by atoms with Crippen LogP contribution in [0.2, 0.25) is 0 Å². The predicted molar refractivity (Wildman–Crippen MR) is 207 cm³/mol. The Morgan fingerprint density at radius 2 is 0.729 bits per heavy atom. The first-order chi connectivity index (χ1) is 23.8. The Morgan fingerprint density at radius 3 is 1.38 bits per heavy atom. The minimum atomic E-state index is 1.25. The largest absolute Gasteiger partial charge is 0.0616 e. The van der Waals surface area contributed by atoms with E-state index in [2.05, 4.69) is 170 Å². The molecule has 0 nitrogen and oxygen atoms in total. The summed E-state index contributed by atoms with van der Waals surface area (Å²) in [5.41, 5.74) is 10.5. The number of hydrogen-bond donors (Lipinski definition) is 0. The number of rotatable bonds is 2. The van der Waals surface area contributed by atoms with Gasteiger partial charge in [-0.3, -0.25) is 0 Å². The summed E-state index contributed by atoms with van der Waals surface area (Å²) in [4.78, 5) is 0. The van der Waals surface area contributed by atoms with Gasteiger partial charge in [-0.25, -0.2) is 0 Å². The second kappa shape index (κ2) is 9.64. The van der Waals surface area contributed by atoms with Crippen LogP contribution in [0, 0.1) is 0 Å². The zero-order valence-electron chi connectivity index (χ0n) is 26.2. The standard InChI is InChI=1S/C48H28/c1-3-13-32-26-34(22-20-29(32)10-1)44-39-16-7-8-17-40(39)45(35-23-21-30-11-2-4-14-33(30)27-35)48-43-28-42-36-15-6-5-12-31(36)24-25-37(42)38-18-9-19-41(46(38)43)47(44)48/h1-28H. The normalized spacial score (nSPS) is 12.2. The van der Waals surface area contributed by atoms with Crippen LogP contribution in [0.3, 0.4) is 0 Å². The predicted octanol–water partition coefficient (Wildman–Crippen LogP) is 13.6. The summed E-state index contributed by atoms with van der Waals surface area (Å²) >= 11 is 0. The van der Waals surface area contributed by atoms with Gasteiger partial charge in [-0.05, 0) is 127 Å². The van der Waals surface area contributed by atoms with Crippen molar-refractivity contribution in [1.82, 2.24) is 0 Å². The lowest BCUT2D eigenvalue weighted by atomic mass is 9.82. The molecule has 0 heteroatoms. The molecule has 0 saturated carbocycles. The van der Waals surface area contributed by atoms with Crippen molar-refractivity contribution in [3.63, 3.8) is 0 Å². The minimum absolute atomic E-state index is 1.25. The van der Waals surface area contributed by atoms with Gasteiger partial charge in [0, 0.05) is 0 Å². The molecule has 0 spiro atoms. The number of benzene rings is 10. The third kappa shape index (κ3) is 3.49. The molecule has 0 aliphatic heterocycles. The van der Waals surface area contributed by atoms with Crippen molar-refractivity contribution in [1.29, 1.82) is 0 Å². The Balaban J connectivity index is 1.37. The maximum atomic E-state index is 2.50. The summed E-state index contributed by atoms with van der Waals surface area (Å²) in [6.45, 7) is 0. The molecule has 10 aromatic carbocycles. The zero-order valence-corrected chi connectivity index (χ0v) is 26.2. The van der Waals surface area contributed by atoms with E-state index in [0.29, 0.717) is 0 Å². The molecule has 0 unspecified atom stereocenters. The highest BCUT2D eigenvalue weighted by Gasteiger charge is 2.31. The van der Waals surface area contributed by atoms with Crippen molar-refractivity contribution in [3.05, 3.63) is 170 Å². The van der Waals surface area contributed by atoms with Gasteiger partial charge in [0.2, 0.25) is 0 Å². The van der Waals surface area contributed by atoms with Gasteiger partial charge in [-0.15, -0.1) is 0 Å². The molecule has 0 heterocycles. The van der Waals surface area contributed by atoms with Crippen molar-refractivity contribution in [3.8, 4) is 44.5 Å². The molecule has 10 aromatic rings. The summed E-state index contributed by atoms with van der Waals surface area (Å²) in [5, 5.41) is 15.5. The molecule has 0 atom stereocenters.